The van der Waals surface area contributed by atoms with E-state index in [1.165, 1.54) is 5.56 Å². The molecule has 98 valence electrons. The maximum absolute atomic E-state index is 11.9. The van der Waals surface area contributed by atoms with Crippen LogP contribution in [0, 0.1) is 0 Å². The third-order valence-electron chi connectivity index (χ3n) is 2.86. The van der Waals surface area contributed by atoms with Crippen molar-refractivity contribution in [2.24, 2.45) is 0 Å². The van der Waals surface area contributed by atoms with Crippen LogP contribution in [0.25, 0.3) is 6.08 Å². The number of rotatable bonds is 4. The number of hydrogen-bond donors (Lipinski definition) is 0. The predicted octanol–water partition coefficient (Wildman–Crippen LogP) is 4.88. The molecule has 0 radical (unpaired) electrons. The molecule has 1 aromatic rings. The first-order valence-corrected chi connectivity index (χ1v) is 7.88. The first-order valence-electron chi connectivity index (χ1n) is 6.12. The highest BCUT2D eigenvalue weighted by Gasteiger charge is 2.23. The van der Waals surface area contributed by atoms with Crippen molar-refractivity contribution in [2.75, 3.05) is 0 Å². The van der Waals surface area contributed by atoms with Gasteiger partial charge in [-0.1, -0.05) is 60.8 Å². The lowest BCUT2D eigenvalue weighted by atomic mass is 10.1. The standard InChI is InChI=1S/C16H16OS2/c1-3-18-16-12(2)15(17)11-14(19-16)10-9-13-7-5-4-6-8-13/h3-10,14H,1,11H2,2H3/b10-9+. The SMILES string of the molecule is C=CSC1=C(C)C(=O)CC(/C=C/c2ccccc2)S1. The van der Waals surface area contributed by atoms with E-state index in [4.69, 9.17) is 0 Å². The smallest absolute Gasteiger partial charge is 0.161 e. The minimum absolute atomic E-state index is 0.221. The van der Waals surface area contributed by atoms with Crippen molar-refractivity contribution in [3.63, 3.8) is 0 Å². The van der Waals surface area contributed by atoms with Crippen LogP contribution in [-0.4, -0.2) is 11.0 Å². The number of allylic oxidation sites excluding steroid dienone is 1. The largest absolute Gasteiger partial charge is 0.294 e. The lowest BCUT2D eigenvalue weighted by molar-refractivity contribution is -0.115. The maximum Gasteiger partial charge on any atom is 0.161 e. The highest BCUT2D eigenvalue weighted by Crippen LogP contribution is 2.41. The predicted molar refractivity (Wildman–Crippen MR) is 87.0 cm³/mol. The second-order valence-electron chi connectivity index (χ2n) is 4.25. The molecule has 0 saturated heterocycles. The summed E-state index contributed by atoms with van der Waals surface area (Å²) in [5, 5.41) is 2.00. The molecule has 1 aromatic carbocycles. The molecule has 0 N–H and O–H groups in total. The van der Waals surface area contributed by atoms with Crippen LogP contribution in [0.15, 0.2) is 58.2 Å². The van der Waals surface area contributed by atoms with E-state index in [0.29, 0.717) is 6.42 Å². The molecule has 1 nitrogen and oxygen atoms in total. The van der Waals surface area contributed by atoms with Gasteiger partial charge in [0.15, 0.2) is 5.78 Å². The molecule has 0 bridgehead atoms. The van der Waals surface area contributed by atoms with Crippen LogP contribution in [0.3, 0.4) is 0 Å². The second-order valence-corrected chi connectivity index (χ2v) is 6.74. The fourth-order valence-electron chi connectivity index (χ4n) is 1.80. The van der Waals surface area contributed by atoms with Gasteiger partial charge in [0.05, 0.1) is 4.24 Å². The molecule has 0 aliphatic carbocycles. The van der Waals surface area contributed by atoms with E-state index >= 15 is 0 Å². The van der Waals surface area contributed by atoms with Gasteiger partial charge in [-0.3, -0.25) is 4.79 Å². The maximum atomic E-state index is 11.9. The Hall–Kier alpha value is -1.19. The molecule has 1 aliphatic rings. The number of thioether (sulfide) groups is 2. The van der Waals surface area contributed by atoms with Gasteiger partial charge in [-0.2, -0.15) is 0 Å². The molecule has 19 heavy (non-hydrogen) atoms. The summed E-state index contributed by atoms with van der Waals surface area (Å²) in [4.78, 5) is 11.9. The Labute approximate surface area is 122 Å². The first-order chi connectivity index (χ1) is 9.20. The van der Waals surface area contributed by atoms with Crippen LogP contribution in [0.4, 0.5) is 0 Å². The minimum Gasteiger partial charge on any atom is -0.294 e. The minimum atomic E-state index is 0.221. The van der Waals surface area contributed by atoms with E-state index in [0.717, 1.165) is 9.81 Å². The van der Waals surface area contributed by atoms with E-state index in [-0.39, 0.29) is 11.0 Å². The van der Waals surface area contributed by atoms with Gasteiger partial charge in [0, 0.05) is 17.2 Å². The monoisotopic (exact) mass is 288 g/mol. The molecule has 0 fully saturated rings. The van der Waals surface area contributed by atoms with Crippen molar-refractivity contribution in [1.82, 2.24) is 0 Å². The summed E-state index contributed by atoms with van der Waals surface area (Å²) in [5.74, 6) is 0.241. The third kappa shape index (κ3) is 3.88. The number of benzene rings is 1. The molecule has 0 amide bonds. The quantitative estimate of drug-likeness (QED) is 0.786. The molecular formula is C16H16OS2. The zero-order valence-electron chi connectivity index (χ0n) is 10.8. The van der Waals surface area contributed by atoms with Gasteiger partial charge < -0.3 is 0 Å². The average molecular weight is 288 g/mol. The molecule has 2 rings (SSSR count). The Balaban J connectivity index is 2.09. The molecule has 0 spiro atoms. The third-order valence-corrected chi connectivity index (χ3v) is 5.27. The van der Waals surface area contributed by atoms with Crippen LogP contribution >= 0.6 is 23.5 Å². The van der Waals surface area contributed by atoms with E-state index in [2.05, 4.69) is 30.9 Å². The Morgan fingerprint density at radius 1 is 1.37 bits per heavy atom. The van der Waals surface area contributed by atoms with Crippen molar-refractivity contribution in [1.29, 1.82) is 0 Å². The number of ketones is 1. The first kappa shape index (κ1) is 14.2. The van der Waals surface area contributed by atoms with Gasteiger partial charge in [0.2, 0.25) is 0 Å². The summed E-state index contributed by atoms with van der Waals surface area (Å²) < 4.78 is 1.08. The molecular weight excluding hydrogens is 272 g/mol. The Morgan fingerprint density at radius 3 is 2.79 bits per heavy atom. The topological polar surface area (TPSA) is 17.1 Å². The van der Waals surface area contributed by atoms with Gasteiger partial charge in [0.1, 0.15) is 0 Å². The van der Waals surface area contributed by atoms with Crippen molar-refractivity contribution in [3.05, 3.63) is 63.8 Å². The Bertz CT molecular complexity index is 529. The number of hydrogen-bond acceptors (Lipinski definition) is 3. The fraction of sp³-hybridized carbons (Fsp3) is 0.188. The van der Waals surface area contributed by atoms with E-state index in [1.807, 2.05) is 25.1 Å². The summed E-state index contributed by atoms with van der Waals surface area (Å²) in [6, 6.07) is 10.2. The van der Waals surface area contributed by atoms with Crippen LogP contribution in [0.5, 0.6) is 0 Å². The van der Waals surface area contributed by atoms with Gasteiger partial charge >= 0.3 is 0 Å². The van der Waals surface area contributed by atoms with Gasteiger partial charge in [-0.25, -0.2) is 0 Å². The van der Waals surface area contributed by atoms with E-state index in [9.17, 15) is 4.79 Å². The lowest BCUT2D eigenvalue weighted by Gasteiger charge is -2.20. The van der Waals surface area contributed by atoms with E-state index < -0.39 is 0 Å². The van der Waals surface area contributed by atoms with Gasteiger partial charge in [-0.05, 0) is 17.9 Å². The Morgan fingerprint density at radius 2 is 2.11 bits per heavy atom. The zero-order valence-corrected chi connectivity index (χ0v) is 12.5. The van der Waals surface area contributed by atoms with E-state index in [1.54, 1.807) is 28.9 Å². The van der Waals surface area contributed by atoms with Crippen molar-refractivity contribution in [2.45, 2.75) is 18.6 Å². The van der Waals surface area contributed by atoms with Gasteiger partial charge in [0.25, 0.3) is 0 Å². The second kappa shape index (κ2) is 6.83. The molecule has 0 saturated carbocycles. The Kier molecular flexibility index (Phi) is 5.11. The van der Waals surface area contributed by atoms with Crippen LogP contribution in [0.1, 0.15) is 18.9 Å². The summed E-state index contributed by atoms with van der Waals surface area (Å²) in [7, 11) is 0. The number of carbonyl (C=O) groups excluding carboxylic acids is 1. The molecule has 1 heterocycles. The molecule has 3 heteroatoms. The van der Waals surface area contributed by atoms with Crippen LogP contribution < -0.4 is 0 Å². The summed E-state index contributed by atoms with van der Waals surface area (Å²) >= 11 is 3.29. The molecule has 0 aromatic heterocycles. The van der Waals surface area contributed by atoms with Crippen molar-refractivity contribution in [3.8, 4) is 0 Å². The average Bonchev–Trinajstić information content (AvgIpc) is 2.43. The molecule has 1 atom stereocenters. The number of Topliss-reactive ketones (excluding diaryl/α,β-unsaturated/α-hetero) is 1. The lowest BCUT2D eigenvalue weighted by Crippen LogP contribution is -2.15. The van der Waals surface area contributed by atoms with Crippen molar-refractivity contribution >= 4 is 35.4 Å². The summed E-state index contributed by atoms with van der Waals surface area (Å²) in [6.07, 6.45) is 4.79. The summed E-state index contributed by atoms with van der Waals surface area (Å²) in [5.41, 5.74) is 2.04. The van der Waals surface area contributed by atoms with Crippen LogP contribution in [-0.2, 0) is 4.79 Å². The fourth-order valence-corrected chi connectivity index (χ4v) is 4.00. The number of carbonyl (C=O) groups is 1. The zero-order chi connectivity index (χ0) is 13.7. The van der Waals surface area contributed by atoms with Gasteiger partial charge in [-0.15, -0.1) is 11.8 Å². The van der Waals surface area contributed by atoms with Crippen molar-refractivity contribution < 1.29 is 4.79 Å². The normalized spacial score (nSPS) is 20.1. The molecule has 1 unspecified atom stereocenters. The highest BCUT2D eigenvalue weighted by molar-refractivity contribution is 8.24. The molecule has 1 aliphatic heterocycles. The summed E-state index contributed by atoms with van der Waals surface area (Å²) in [6.45, 7) is 5.62. The highest BCUT2D eigenvalue weighted by atomic mass is 32.2. The van der Waals surface area contributed by atoms with Crippen LogP contribution in [0.2, 0.25) is 0 Å².